The summed E-state index contributed by atoms with van der Waals surface area (Å²) in [5.74, 6) is -1.47. The van der Waals surface area contributed by atoms with Crippen LogP contribution in [0.1, 0.15) is 30.1 Å². The molecule has 0 aliphatic carbocycles. The van der Waals surface area contributed by atoms with Gasteiger partial charge in [0.05, 0.1) is 23.6 Å². The normalized spacial score (nSPS) is 9.70. The van der Waals surface area contributed by atoms with Crippen LogP contribution in [-0.2, 0) is 14.3 Å². The number of halogens is 1. The number of amides is 2. The van der Waals surface area contributed by atoms with Crippen molar-refractivity contribution < 1.29 is 19.1 Å². The van der Waals surface area contributed by atoms with Gasteiger partial charge in [-0.15, -0.1) is 0 Å². The van der Waals surface area contributed by atoms with Crippen molar-refractivity contribution in [2.45, 2.75) is 19.8 Å². The minimum absolute atomic E-state index is 0.0400. The van der Waals surface area contributed by atoms with Crippen molar-refractivity contribution in [3.05, 3.63) is 34.9 Å². The number of benzene rings is 1. The molecule has 0 unspecified atom stereocenters. The fraction of sp³-hybridized carbons (Fsp3) is 0.308. The predicted octanol–water partition coefficient (Wildman–Crippen LogP) is 1.44. The molecule has 1 aromatic carbocycles. The van der Waals surface area contributed by atoms with Gasteiger partial charge in [0.2, 0.25) is 5.91 Å². The maximum atomic E-state index is 11.7. The maximum absolute atomic E-state index is 11.7. The SMILES string of the molecule is CCOC(=O)CCC(=O)NNC(=O)c1ccccc1Cl. The molecule has 0 heterocycles. The molecule has 1 rings (SSSR count). The zero-order valence-electron chi connectivity index (χ0n) is 10.9. The minimum Gasteiger partial charge on any atom is -0.466 e. The summed E-state index contributed by atoms with van der Waals surface area (Å²) < 4.78 is 4.68. The van der Waals surface area contributed by atoms with Crippen LogP contribution < -0.4 is 10.9 Å². The third-order valence-corrected chi connectivity index (χ3v) is 2.63. The van der Waals surface area contributed by atoms with Crippen LogP contribution >= 0.6 is 11.6 Å². The Kier molecular flexibility index (Phi) is 6.52. The second-order valence-corrected chi connectivity index (χ2v) is 4.19. The molecule has 108 valence electrons. The summed E-state index contributed by atoms with van der Waals surface area (Å²) in [5, 5.41) is 0.283. The van der Waals surface area contributed by atoms with Gasteiger partial charge in [-0.1, -0.05) is 23.7 Å². The fourth-order valence-corrected chi connectivity index (χ4v) is 1.57. The Hall–Kier alpha value is -2.08. The summed E-state index contributed by atoms with van der Waals surface area (Å²) in [7, 11) is 0. The summed E-state index contributed by atoms with van der Waals surface area (Å²) >= 11 is 5.84. The van der Waals surface area contributed by atoms with Gasteiger partial charge >= 0.3 is 5.97 Å². The fourth-order valence-electron chi connectivity index (χ4n) is 1.35. The van der Waals surface area contributed by atoms with Crippen molar-refractivity contribution in [3.8, 4) is 0 Å². The molecule has 2 amide bonds. The molecule has 0 fully saturated rings. The molecule has 0 aliphatic rings. The monoisotopic (exact) mass is 298 g/mol. The number of carbonyl (C=O) groups is 3. The standard InChI is InChI=1S/C13H15ClN2O4/c1-2-20-12(18)8-7-11(17)15-16-13(19)9-5-3-4-6-10(9)14/h3-6H,2,7-8H2,1H3,(H,15,17)(H,16,19). The average molecular weight is 299 g/mol. The van der Waals surface area contributed by atoms with Crippen LogP contribution in [0, 0.1) is 0 Å². The van der Waals surface area contributed by atoms with E-state index in [1.54, 1.807) is 25.1 Å². The van der Waals surface area contributed by atoms with Gasteiger partial charge in [0.25, 0.3) is 5.91 Å². The molecule has 6 nitrogen and oxygen atoms in total. The molecule has 20 heavy (non-hydrogen) atoms. The molecule has 0 aromatic heterocycles. The first kappa shape index (κ1) is 16.0. The van der Waals surface area contributed by atoms with Gasteiger partial charge in [-0.05, 0) is 19.1 Å². The van der Waals surface area contributed by atoms with Gasteiger partial charge in [0.15, 0.2) is 0 Å². The number of ether oxygens (including phenoxy) is 1. The van der Waals surface area contributed by atoms with Crippen LogP contribution in [-0.4, -0.2) is 24.4 Å². The number of hydrogen-bond acceptors (Lipinski definition) is 4. The molecule has 0 saturated heterocycles. The Morgan fingerprint density at radius 2 is 1.85 bits per heavy atom. The van der Waals surface area contributed by atoms with Crippen LogP contribution in [0.5, 0.6) is 0 Å². The van der Waals surface area contributed by atoms with E-state index in [0.717, 1.165) is 0 Å². The average Bonchev–Trinajstić information content (AvgIpc) is 2.43. The highest BCUT2D eigenvalue weighted by Crippen LogP contribution is 2.13. The molecule has 1 aromatic rings. The van der Waals surface area contributed by atoms with Gasteiger partial charge in [-0.3, -0.25) is 25.2 Å². The molecule has 2 N–H and O–H groups in total. The van der Waals surface area contributed by atoms with E-state index in [-0.39, 0.29) is 30.0 Å². The van der Waals surface area contributed by atoms with Crippen LogP contribution in [0.3, 0.4) is 0 Å². The summed E-state index contributed by atoms with van der Waals surface area (Å²) in [4.78, 5) is 34.2. The lowest BCUT2D eigenvalue weighted by molar-refractivity contribution is -0.144. The van der Waals surface area contributed by atoms with E-state index in [4.69, 9.17) is 11.6 Å². The number of carbonyl (C=O) groups excluding carboxylic acids is 3. The van der Waals surface area contributed by atoms with Gasteiger partial charge in [0.1, 0.15) is 0 Å². The number of nitrogens with one attached hydrogen (secondary N) is 2. The van der Waals surface area contributed by atoms with Gasteiger partial charge < -0.3 is 4.74 Å². The van der Waals surface area contributed by atoms with Crippen LogP contribution in [0.15, 0.2) is 24.3 Å². The highest BCUT2D eigenvalue weighted by Gasteiger charge is 2.11. The summed E-state index contributed by atoms with van der Waals surface area (Å²) in [5.41, 5.74) is 4.67. The highest BCUT2D eigenvalue weighted by atomic mass is 35.5. The molecular formula is C13H15ClN2O4. The first-order chi connectivity index (χ1) is 9.54. The second-order valence-electron chi connectivity index (χ2n) is 3.79. The number of esters is 1. The molecule has 0 radical (unpaired) electrons. The van der Waals surface area contributed by atoms with E-state index >= 15 is 0 Å². The van der Waals surface area contributed by atoms with Crippen molar-refractivity contribution in [1.82, 2.24) is 10.9 Å². The Balaban J connectivity index is 2.36. The lowest BCUT2D eigenvalue weighted by atomic mass is 10.2. The van der Waals surface area contributed by atoms with Crippen LogP contribution in [0.4, 0.5) is 0 Å². The van der Waals surface area contributed by atoms with E-state index in [9.17, 15) is 14.4 Å². The Morgan fingerprint density at radius 1 is 1.15 bits per heavy atom. The first-order valence-corrected chi connectivity index (χ1v) is 6.41. The number of hydrazine groups is 1. The second kappa shape index (κ2) is 8.16. The number of rotatable bonds is 5. The van der Waals surface area contributed by atoms with Gasteiger partial charge in [-0.25, -0.2) is 0 Å². The summed E-state index contributed by atoms with van der Waals surface area (Å²) in [6.07, 6.45) is -0.108. The van der Waals surface area contributed by atoms with E-state index in [0.29, 0.717) is 0 Å². The minimum atomic E-state index is -0.528. The van der Waals surface area contributed by atoms with E-state index < -0.39 is 17.8 Å². The smallest absolute Gasteiger partial charge is 0.306 e. The Morgan fingerprint density at radius 3 is 2.50 bits per heavy atom. The van der Waals surface area contributed by atoms with E-state index in [1.807, 2.05) is 0 Å². The van der Waals surface area contributed by atoms with E-state index in [2.05, 4.69) is 15.6 Å². The zero-order valence-corrected chi connectivity index (χ0v) is 11.7. The summed E-state index contributed by atoms with van der Waals surface area (Å²) in [6.45, 7) is 1.95. The zero-order chi connectivity index (χ0) is 15.0. The first-order valence-electron chi connectivity index (χ1n) is 6.04. The van der Waals surface area contributed by atoms with Crippen molar-refractivity contribution in [2.75, 3.05) is 6.61 Å². The van der Waals surface area contributed by atoms with Crippen LogP contribution in [0.25, 0.3) is 0 Å². The molecule has 0 atom stereocenters. The lowest BCUT2D eigenvalue weighted by Crippen LogP contribution is -2.41. The topological polar surface area (TPSA) is 84.5 Å². The van der Waals surface area contributed by atoms with Gasteiger partial charge in [0, 0.05) is 6.42 Å². The van der Waals surface area contributed by atoms with Gasteiger partial charge in [-0.2, -0.15) is 0 Å². The molecular weight excluding hydrogens is 284 g/mol. The number of hydrogen-bond donors (Lipinski definition) is 2. The molecule has 0 bridgehead atoms. The Labute approximate surface area is 121 Å². The predicted molar refractivity (Wildman–Crippen MR) is 72.9 cm³/mol. The molecule has 0 aliphatic heterocycles. The van der Waals surface area contributed by atoms with Crippen LogP contribution in [0.2, 0.25) is 5.02 Å². The highest BCUT2D eigenvalue weighted by molar-refractivity contribution is 6.33. The largest absolute Gasteiger partial charge is 0.466 e. The van der Waals surface area contributed by atoms with E-state index in [1.165, 1.54) is 6.07 Å². The third kappa shape index (κ3) is 5.27. The lowest BCUT2D eigenvalue weighted by Gasteiger charge is -2.08. The van der Waals surface area contributed by atoms with Crippen molar-refractivity contribution in [2.24, 2.45) is 0 Å². The molecule has 0 spiro atoms. The molecule has 7 heteroatoms. The third-order valence-electron chi connectivity index (χ3n) is 2.30. The maximum Gasteiger partial charge on any atom is 0.306 e. The Bertz CT molecular complexity index is 505. The van der Waals surface area contributed by atoms with Crippen molar-refractivity contribution in [3.63, 3.8) is 0 Å². The quantitative estimate of drug-likeness (QED) is 0.636. The van der Waals surface area contributed by atoms with Crippen molar-refractivity contribution in [1.29, 1.82) is 0 Å². The van der Waals surface area contributed by atoms with Crippen molar-refractivity contribution >= 4 is 29.4 Å². The summed E-state index contributed by atoms with van der Waals surface area (Å²) in [6, 6.07) is 6.45. The molecule has 0 saturated carbocycles.